The average Bonchev–Trinajstić information content (AvgIpc) is 2.06. The van der Waals surface area contributed by atoms with Gasteiger partial charge in [0, 0.05) is 0 Å². The zero-order valence-corrected chi connectivity index (χ0v) is 7.69. The zero-order valence-electron chi connectivity index (χ0n) is 7.69. The molecule has 0 spiro atoms. The van der Waals surface area contributed by atoms with Gasteiger partial charge in [-0.05, 0) is 39.5 Å². The Balaban J connectivity index is 2.50. The molecule has 0 aromatic heterocycles. The number of rotatable bonds is 1. The van der Waals surface area contributed by atoms with Gasteiger partial charge in [-0.3, -0.25) is 0 Å². The van der Waals surface area contributed by atoms with Gasteiger partial charge in [-0.1, -0.05) is 29.7 Å². The van der Waals surface area contributed by atoms with E-state index >= 15 is 0 Å². The van der Waals surface area contributed by atoms with Crippen molar-refractivity contribution in [1.82, 2.24) is 0 Å². The lowest BCUT2D eigenvalue weighted by Gasteiger charge is -2.13. The van der Waals surface area contributed by atoms with Crippen molar-refractivity contribution in [2.75, 3.05) is 0 Å². The summed E-state index contributed by atoms with van der Waals surface area (Å²) < 4.78 is 0. The maximum absolute atomic E-state index is 2.36. The molecule has 0 aromatic rings. The lowest BCUT2D eigenvalue weighted by molar-refractivity contribution is 0.598. The van der Waals surface area contributed by atoms with E-state index in [2.05, 4.69) is 26.0 Å². The van der Waals surface area contributed by atoms with Crippen LogP contribution in [0.15, 0.2) is 23.3 Å². The van der Waals surface area contributed by atoms with Gasteiger partial charge < -0.3 is 0 Å². The molecule has 1 rings (SSSR count). The molecule has 0 nitrogen and oxygen atoms in total. The molecule has 11 heavy (non-hydrogen) atoms. The third-order valence-corrected chi connectivity index (χ3v) is 2.38. The Morgan fingerprint density at radius 3 is 2.36 bits per heavy atom. The molecule has 1 aliphatic carbocycles. The van der Waals surface area contributed by atoms with Crippen LogP contribution in [0.25, 0.3) is 0 Å². The summed E-state index contributed by atoms with van der Waals surface area (Å²) in [6.07, 6.45) is 11.5. The van der Waals surface area contributed by atoms with Crippen LogP contribution in [0.1, 0.15) is 46.0 Å². The summed E-state index contributed by atoms with van der Waals surface area (Å²) in [7, 11) is 0. The van der Waals surface area contributed by atoms with Crippen molar-refractivity contribution in [3.8, 4) is 0 Å². The van der Waals surface area contributed by atoms with Crippen LogP contribution in [0.3, 0.4) is 0 Å². The van der Waals surface area contributed by atoms with Crippen LogP contribution in [0.4, 0.5) is 0 Å². The van der Waals surface area contributed by atoms with Crippen molar-refractivity contribution in [2.45, 2.75) is 46.0 Å². The predicted octanol–water partition coefficient (Wildman–Crippen LogP) is 3.84. The van der Waals surface area contributed by atoms with Gasteiger partial charge in [-0.15, -0.1) is 0 Å². The summed E-state index contributed by atoms with van der Waals surface area (Å²) in [5.74, 6) is 0. The predicted molar refractivity (Wildman–Crippen MR) is 50.6 cm³/mol. The quantitative estimate of drug-likeness (QED) is 0.532. The number of allylic oxidation sites excluding steroid dienone is 4. The summed E-state index contributed by atoms with van der Waals surface area (Å²) in [4.78, 5) is 0. The fraction of sp³-hybridized carbons (Fsp3) is 0.636. The molecular formula is C11H18. The van der Waals surface area contributed by atoms with E-state index in [0.29, 0.717) is 0 Å². The van der Waals surface area contributed by atoms with Crippen LogP contribution in [0, 0.1) is 0 Å². The minimum atomic E-state index is 1.34. The molecule has 62 valence electrons. The van der Waals surface area contributed by atoms with Crippen LogP contribution < -0.4 is 0 Å². The molecule has 1 aliphatic rings. The normalized spacial score (nSPS) is 20.2. The molecule has 0 atom stereocenters. The Labute approximate surface area is 70.0 Å². The lowest BCUT2D eigenvalue weighted by atomic mass is 9.93. The summed E-state index contributed by atoms with van der Waals surface area (Å²) in [5.41, 5.74) is 3.08. The van der Waals surface area contributed by atoms with Gasteiger partial charge in [-0.25, -0.2) is 0 Å². The highest BCUT2D eigenvalue weighted by Crippen LogP contribution is 2.23. The maximum atomic E-state index is 2.36. The van der Waals surface area contributed by atoms with Crippen molar-refractivity contribution in [1.29, 1.82) is 0 Å². The molecular weight excluding hydrogens is 132 g/mol. The zero-order chi connectivity index (χ0) is 8.10. The Morgan fingerprint density at radius 2 is 1.82 bits per heavy atom. The third kappa shape index (κ3) is 2.92. The fourth-order valence-corrected chi connectivity index (χ4v) is 1.56. The summed E-state index contributed by atoms with van der Waals surface area (Å²) >= 11 is 0. The van der Waals surface area contributed by atoms with Gasteiger partial charge in [0.2, 0.25) is 0 Å². The average molecular weight is 150 g/mol. The molecule has 0 heteroatoms. The molecule has 0 saturated heterocycles. The molecule has 0 aromatic carbocycles. The Bertz CT molecular complexity index is 164. The second kappa shape index (κ2) is 4.38. The Hall–Kier alpha value is -0.520. The Kier molecular flexibility index (Phi) is 3.41. The van der Waals surface area contributed by atoms with Gasteiger partial charge in [0.15, 0.2) is 0 Å². The van der Waals surface area contributed by atoms with E-state index in [1.54, 1.807) is 5.57 Å². The third-order valence-electron chi connectivity index (χ3n) is 2.38. The first-order valence-electron chi connectivity index (χ1n) is 4.65. The smallest absolute Gasteiger partial charge is 0.0317 e. The van der Waals surface area contributed by atoms with Crippen LogP contribution in [-0.4, -0.2) is 0 Å². The van der Waals surface area contributed by atoms with E-state index in [9.17, 15) is 0 Å². The molecule has 1 fully saturated rings. The summed E-state index contributed by atoms with van der Waals surface area (Å²) in [5, 5.41) is 0. The van der Waals surface area contributed by atoms with Crippen LogP contribution >= 0.6 is 0 Å². The first-order chi connectivity index (χ1) is 5.33. The summed E-state index contributed by atoms with van der Waals surface area (Å²) in [6, 6.07) is 0. The van der Waals surface area contributed by atoms with Gasteiger partial charge in [0.25, 0.3) is 0 Å². The minimum absolute atomic E-state index is 1.34. The molecule has 0 unspecified atom stereocenters. The van der Waals surface area contributed by atoms with Crippen molar-refractivity contribution in [3.05, 3.63) is 23.3 Å². The van der Waals surface area contributed by atoms with Crippen molar-refractivity contribution in [3.63, 3.8) is 0 Å². The SMILES string of the molecule is C/C=C(/C)C=C1CCCCC1. The van der Waals surface area contributed by atoms with Gasteiger partial charge in [-0.2, -0.15) is 0 Å². The minimum Gasteiger partial charge on any atom is -0.0847 e. The van der Waals surface area contributed by atoms with E-state index in [4.69, 9.17) is 0 Å². The van der Waals surface area contributed by atoms with E-state index in [1.807, 2.05) is 0 Å². The fourth-order valence-electron chi connectivity index (χ4n) is 1.56. The first kappa shape index (κ1) is 8.58. The number of hydrogen-bond acceptors (Lipinski definition) is 0. The molecule has 0 aliphatic heterocycles. The molecule has 0 radical (unpaired) electrons. The first-order valence-corrected chi connectivity index (χ1v) is 4.65. The van der Waals surface area contributed by atoms with Crippen LogP contribution in [0.5, 0.6) is 0 Å². The Morgan fingerprint density at radius 1 is 1.18 bits per heavy atom. The lowest BCUT2D eigenvalue weighted by Crippen LogP contribution is -1.93. The molecule has 0 N–H and O–H groups in total. The molecule has 0 bridgehead atoms. The highest BCUT2D eigenvalue weighted by Gasteiger charge is 2.03. The van der Waals surface area contributed by atoms with Gasteiger partial charge in [0.1, 0.15) is 0 Å². The topological polar surface area (TPSA) is 0 Å². The molecule has 0 amide bonds. The van der Waals surface area contributed by atoms with Gasteiger partial charge >= 0.3 is 0 Å². The van der Waals surface area contributed by atoms with Gasteiger partial charge in [0.05, 0.1) is 0 Å². The molecule has 0 heterocycles. The highest BCUT2D eigenvalue weighted by atomic mass is 14.1. The maximum Gasteiger partial charge on any atom is -0.0317 e. The van der Waals surface area contributed by atoms with E-state index in [1.165, 1.54) is 37.7 Å². The van der Waals surface area contributed by atoms with E-state index in [0.717, 1.165) is 0 Å². The largest absolute Gasteiger partial charge is 0.0847 e. The highest BCUT2D eigenvalue weighted by molar-refractivity contribution is 5.21. The number of hydrogen-bond donors (Lipinski definition) is 0. The standard InChI is InChI=1S/C11H18/c1-3-10(2)9-11-7-5-4-6-8-11/h3,9H,4-8H2,1-2H3/b10-3-. The molecule has 1 saturated carbocycles. The van der Waals surface area contributed by atoms with Crippen molar-refractivity contribution in [2.24, 2.45) is 0 Å². The van der Waals surface area contributed by atoms with E-state index in [-0.39, 0.29) is 0 Å². The second-order valence-electron chi connectivity index (χ2n) is 3.40. The van der Waals surface area contributed by atoms with Crippen molar-refractivity contribution < 1.29 is 0 Å². The van der Waals surface area contributed by atoms with E-state index < -0.39 is 0 Å². The summed E-state index contributed by atoms with van der Waals surface area (Å²) in [6.45, 7) is 4.29. The second-order valence-corrected chi connectivity index (χ2v) is 3.40. The van der Waals surface area contributed by atoms with Crippen LogP contribution in [0.2, 0.25) is 0 Å². The monoisotopic (exact) mass is 150 g/mol. The van der Waals surface area contributed by atoms with Crippen molar-refractivity contribution >= 4 is 0 Å². The van der Waals surface area contributed by atoms with Crippen LogP contribution in [-0.2, 0) is 0 Å².